The van der Waals surface area contributed by atoms with Crippen molar-refractivity contribution in [3.8, 4) is 0 Å². The molecule has 6 heteroatoms. The van der Waals surface area contributed by atoms with Crippen molar-refractivity contribution in [2.24, 2.45) is 0 Å². The Bertz CT molecular complexity index is 593. The molecule has 22 heavy (non-hydrogen) atoms. The Balaban J connectivity index is 2.01. The zero-order valence-corrected chi connectivity index (χ0v) is 13.2. The molecule has 1 aromatic carbocycles. The summed E-state index contributed by atoms with van der Waals surface area (Å²) in [5.74, 6) is -0.355. The van der Waals surface area contributed by atoms with E-state index in [1.165, 1.54) is 0 Å². The Hall–Kier alpha value is -1.85. The first kappa shape index (κ1) is 16.5. The highest BCUT2D eigenvalue weighted by molar-refractivity contribution is 6.32. The highest BCUT2D eigenvalue weighted by Crippen LogP contribution is 2.19. The molecule has 0 unspecified atom stereocenters. The first-order valence-electron chi connectivity index (χ1n) is 7.13. The zero-order valence-electron chi connectivity index (χ0n) is 12.5. The minimum Gasteiger partial charge on any atom is -0.387 e. The van der Waals surface area contributed by atoms with Gasteiger partial charge in [0.1, 0.15) is 6.61 Å². The summed E-state index contributed by atoms with van der Waals surface area (Å²) < 4.78 is 0. The fraction of sp³-hybridized carbons (Fsp3) is 0.375. The van der Waals surface area contributed by atoms with E-state index in [0.717, 1.165) is 5.56 Å². The lowest BCUT2D eigenvalue weighted by molar-refractivity contribution is -0.139. The first-order valence-corrected chi connectivity index (χ1v) is 7.51. The van der Waals surface area contributed by atoms with Gasteiger partial charge in [0.05, 0.1) is 0 Å². The maximum atomic E-state index is 12.4. The summed E-state index contributed by atoms with van der Waals surface area (Å²) in [5.41, 5.74) is 1.42. The SMILES string of the molecule is C/C(=C/c1ccccc1Cl)C(=O)N1CCN(C(=O)CO)CC1. The van der Waals surface area contributed by atoms with Crippen molar-refractivity contribution >= 4 is 29.5 Å². The van der Waals surface area contributed by atoms with Crippen LogP contribution in [0.1, 0.15) is 12.5 Å². The molecular weight excluding hydrogens is 304 g/mol. The largest absolute Gasteiger partial charge is 0.387 e. The van der Waals surface area contributed by atoms with Gasteiger partial charge in [0.15, 0.2) is 0 Å². The van der Waals surface area contributed by atoms with Crippen LogP contribution in [-0.2, 0) is 9.59 Å². The van der Waals surface area contributed by atoms with E-state index in [2.05, 4.69) is 0 Å². The minimum atomic E-state index is -0.487. The highest BCUT2D eigenvalue weighted by Gasteiger charge is 2.24. The molecule has 118 valence electrons. The lowest BCUT2D eigenvalue weighted by atomic mass is 10.1. The van der Waals surface area contributed by atoms with Gasteiger partial charge in [0, 0.05) is 36.8 Å². The normalized spacial score (nSPS) is 15.9. The van der Waals surface area contributed by atoms with Crippen LogP contribution in [0.15, 0.2) is 29.8 Å². The van der Waals surface area contributed by atoms with E-state index in [-0.39, 0.29) is 11.8 Å². The van der Waals surface area contributed by atoms with Crippen molar-refractivity contribution in [2.45, 2.75) is 6.92 Å². The molecule has 1 aromatic rings. The van der Waals surface area contributed by atoms with Gasteiger partial charge in [-0.15, -0.1) is 0 Å². The average Bonchev–Trinajstić information content (AvgIpc) is 2.55. The molecule has 0 spiro atoms. The predicted octanol–water partition coefficient (Wildman–Crippen LogP) is 1.41. The van der Waals surface area contributed by atoms with Gasteiger partial charge in [-0.1, -0.05) is 29.8 Å². The average molecular weight is 323 g/mol. The van der Waals surface area contributed by atoms with E-state index < -0.39 is 6.61 Å². The smallest absolute Gasteiger partial charge is 0.249 e. The van der Waals surface area contributed by atoms with Crippen LogP contribution in [0.25, 0.3) is 6.08 Å². The summed E-state index contributed by atoms with van der Waals surface area (Å²) >= 11 is 6.09. The maximum Gasteiger partial charge on any atom is 0.249 e. The molecule has 0 aliphatic carbocycles. The molecule has 0 radical (unpaired) electrons. The van der Waals surface area contributed by atoms with E-state index >= 15 is 0 Å². The number of aliphatic hydroxyl groups is 1. The van der Waals surface area contributed by atoms with Crippen LogP contribution in [0.2, 0.25) is 5.02 Å². The van der Waals surface area contributed by atoms with Crippen molar-refractivity contribution in [1.82, 2.24) is 9.80 Å². The molecule has 0 bridgehead atoms. The Morgan fingerprint density at radius 2 is 1.77 bits per heavy atom. The predicted molar refractivity (Wildman–Crippen MR) is 85.3 cm³/mol. The number of hydrogen-bond donors (Lipinski definition) is 1. The third-order valence-corrected chi connectivity index (χ3v) is 4.01. The van der Waals surface area contributed by atoms with Crippen LogP contribution in [0.4, 0.5) is 0 Å². The van der Waals surface area contributed by atoms with Crippen LogP contribution in [-0.4, -0.2) is 59.5 Å². The molecule has 1 fully saturated rings. The number of rotatable bonds is 3. The van der Waals surface area contributed by atoms with Gasteiger partial charge in [-0.25, -0.2) is 0 Å². The second-order valence-electron chi connectivity index (χ2n) is 5.18. The molecule has 0 saturated carbocycles. The molecule has 1 heterocycles. The fourth-order valence-electron chi connectivity index (χ4n) is 2.40. The van der Waals surface area contributed by atoms with E-state index in [1.807, 2.05) is 18.2 Å². The standard InChI is InChI=1S/C16H19ClN2O3/c1-12(10-13-4-2-3-5-14(13)17)16(22)19-8-6-18(7-9-19)15(21)11-20/h2-5,10,20H,6-9,11H2,1H3/b12-10-. The molecule has 1 saturated heterocycles. The number of hydrogen-bond acceptors (Lipinski definition) is 3. The van der Waals surface area contributed by atoms with E-state index in [9.17, 15) is 9.59 Å². The van der Waals surface area contributed by atoms with Crippen molar-refractivity contribution in [1.29, 1.82) is 0 Å². The van der Waals surface area contributed by atoms with Crippen LogP contribution in [0, 0.1) is 0 Å². The van der Waals surface area contributed by atoms with Crippen LogP contribution < -0.4 is 0 Å². The van der Waals surface area contributed by atoms with Gasteiger partial charge in [-0.3, -0.25) is 9.59 Å². The summed E-state index contributed by atoms with van der Waals surface area (Å²) in [7, 11) is 0. The summed E-state index contributed by atoms with van der Waals surface area (Å²) in [6, 6.07) is 7.35. The molecule has 2 amide bonds. The number of nitrogens with zero attached hydrogens (tertiary/aromatic N) is 2. The van der Waals surface area contributed by atoms with Gasteiger partial charge in [-0.05, 0) is 24.6 Å². The summed E-state index contributed by atoms with van der Waals surface area (Å²) in [4.78, 5) is 27.1. The van der Waals surface area contributed by atoms with Crippen LogP contribution >= 0.6 is 11.6 Å². The van der Waals surface area contributed by atoms with E-state index in [0.29, 0.717) is 36.8 Å². The monoisotopic (exact) mass is 322 g/mol. The summed E-state index contributed by atoms with van der Waals surface area (Å²) in [6.07, 6.45) is 1.77. The number of aliphatic hydroxyl groups excluding tert-OH is 1. The maximum absolute atomic E-state index is 12.4. The molecular formula is C16H19ClN2O3. The molecule has 5 nitrogen and oxygen atoms in total. The third kappa shape index (κ3) is 3.87. The lowest BCUT2D eigenvalue weighted by Gasteiger charge is -2.34. The van der Waals surface area contributed by atoms with Gasteiger partial charge in [0.2, 0.25) is 11.8 Å². The van der Waals surface area contributed by atoms with E-state index in [4.69, 9.17) is 16.7 Å². The van der Waals surface area contributed by atoms with Gasteiger partial charge in [0.25, 0.3) is 0 Å². The van der Waals surface area contributed by atoms with Crippen LogP contribution in [0.5, 0.6) is 0 Å². The number of benzene rings is 1. The Morgan fingerprint density at radius 3 is 2.36 bits per heavy atom. The number of carbonyl (C=O) groups excluding carboxylic acids is 2. The van der Waals surface area contributed by atoms with Crippen LogP contribution in [0.3, 0.4) is 0 Å². The zero-order chi connectivity index (χ0) is 16.1. The minimum absolute atomic E-state index is 0.0592. The van der Waals surface area contributed by atoms with Crippen molar-refractivity contribution < 1.29 is 14.7 Å². The molecule has 1 aliphatic rings. The highest BCUT2D eigenvalue weighted by atomic mass is 35.5. The van der Waals surface area contributed by atoms with Crippen molar-refractivity contribution in [2.75, 3.05) is 32.8 Å². The second kappa shape index (κ2) is 7.42. The second-order valence-corrected chi connectivity index (χ2v) is 5.59. The quantitative estimate of drug-likeness (QED) is 0.856. The van der Waals surface area contributed by atoms with Gasteiger partial charge >= 0.3 is 0 Å². The third-order valence-electron chi connectivity index (χ3n) is 3.67. The molecule has 0 aromatic heterocycles. The lowest BCUT2D eigenvalue weighted by Crippen LogP contribution is -2.51. The number of carbonyl (C=O) groups is 2. The number of halogens is 1. The summed E-state index contributed by atoms with van der Waals surface area (Å²) in [5, 5.41) is 9.45. The van der Waals surface area contributed by atoms with Crippen molar-refractivity contribution in [3.05, 3.63) is 40.4 Å². The fourth-order valence-corrected chi connectivity index (χ4v) is 2.59. The number of piperazine rings is 1. The Morgan fingerprint density at radius 1 is 1.18 bits per heavy atom. The van der Waals surface area contributed by atoms with E-state index in [1.54, 1.807) is 28.9 Å². The molecule has 2 rings (SSSR count). The number of amides is 2. The topological polar surface area (TPSA) is 60.9 Å². The van der Waals surface area contributed by atoms with Crippen molar-refractivity contribution in [3.63, 3.8) is 0 Å². The molecule has 0 atom stereocenters. The Labute approximate surface area is 134 Å². The van der Waals surface area contributed by atoms with Gasteiger partial charge < -0.3 is 14.9 Å². The summed E-state index contributed by atoms with van der Waals surface area (Å²) in [6.45, 7) is 3.11. The molecule has 1 aliphatic heterocycles. The molecule has 1 N–H and O–H groups in total. The first-order chi connectivity index (χ1) is 10.5. The Kier molecular flexibility index (Phi) is 5.57. The van der Waals surface area contributed by atoms with Gasteiger partial charge in [-0.2, -0.15) is 0 Å².